The predicted octanol–water partition coefficient (Wildman–Crippen LogP) is 4.25. The molecule has 182 valence electrons. The van der Waals surface area contributed by atoms with Gasteiger partial charge in [0.2, 0.25) is 0 Å². The monoisotopic (exact) mass is 484 g/mol. The van der Waals surface area contributed by atoms with Crippen molar-refractivity contribution < 1.29 is 9.13 Å². The minimum Gasteiger partial charge on any atom is -0.377 e. The Morgan fingerprint density at radius 3 is 2.81 bits per heavy atom. The van der Waals surface area contributed by atoms with Crippen molar-refractivity contribution >= 4 is 16.7 Å². The van der Waals surface area contributed by atoms with Crippen LogP contribution in [0.15, 0.2) is 49.1 Å². The molecular formula is C26H25FN8O. The van der Waals surface area contributed by atoms with Crippen LogP contribution in [0.25, 0.3) is 39.4 Å². The standard InChI is InChI=1S/C26H25FN8O/c1-15-14-36-9-8-34(15)23-12-22(25-16(2)33-35(17(25)3)24-13-28-6-7-30-24)31-26(32-23)20-10-18(27)11-21-19(20)4-5-29-21/h4-7,10-13,15,29H,8-9,14H2,1-3H3/t15-/m1/s1. The highest BCUT2D eigenvalue weighted by Gasteiger charge is 2.25. The molecule has 1 fully saturated rings. The smallest absolute Gasteiger partial charge is 0.172 e. The first-order valence-electron chi connectivity index (χ1n) is 11.8. The van der Waals surface area contributed by atoms with E-state index in [2.05, 4.69) is 26.8 Å². The second-order valence-electron chi connectivity index (χ2n) is 8.97. The number of rotatable bonds is 4. The third kappa shape index (κ3) is 3.79. The molecule has 1 saturated heterocycles. The molecule has 0 radical (unpaired) electrons. The molecule has 0 saturated carbocycles. The maximum Gasteiger partial charge on any atom is 0.172 e. The molecule has 5 heterocycles. The summed E-state index contributed by atoms with van der Waals surface area (Å²) in [5.74, 6) is 1.50. The number of fused-ring (bicyclic) bond motifs is 1. The van der Waals surface area contributed by atoms with Gasteiger partial charge in [0.05, 0.1) is 42.5 Å². The number of hydrogen-bond acceptors (Lipinski definition) is 7. The van der Waals surface area contributed by atoms with E-state index in [4.69, 9.17) is 19.8 Å². The second kappa shape index (κ2) is 8.80. The normalized spacial score (nSPS) is 16.1. The highest BCUT2D eigenvalue weighted by molar-refractivity contribution is 5.94. The number of hydrogen-bond donors (Lipinski definition) is 1. The number of benzene rings is 1. The number of aromatic amines is 1. The maximum absolute atomic E-state index is 14.6. The van der Waals surface area contributed by atoms with Crippen LogP contribution in [-0.2, 0) is 4.74 Å². The van der Waals surface area contributed by atoms with Gasteiger partial charge < -0.3 is 14.6 Å². The van der Waals surface area contributed by atoms with Crippen LogP contribution in [0.3, 0.4) is 0 Å². The van der Waals surface area contributed by atoms with E-state index in [1.807, 2.05) is 26.0 Å². The predicted molar refractivity (Wildman–Crippen MR) is 135 cm³/mol. The molecule has 1 aliphatic heterocycles. The van der Waals surface area contributed by atoms with Gasteiger partial charge in [-0.05, 0) is 39.0 Å². The van der Waals surface area contributed by atoms with E-state index in [1.54, 1.807) is 29.5 Å². The lowest BCUT2D eigenvalue weighted by molar-refractivity contribution is 0.0985. The summed E-state index contributed by atoms with van der Waals surface area (Å²) in [5.41, 5.74) is 4.61. The summed E-state index contributed by atoms with van der Waals surface area (Å²) in [6, 6.07) is 7.01. The molecule has 4 aromatic heterocycles. The van der Waals surface area contributed by atoms with Gasteiger partial charge in [0.1, 0.15) is 11.6 Å². The number of halogens is 1. The van der Waals surface area contributed by atoms with Crippen LogP contribution >= 0.6 is 0 Å². The number of H-pyrrole nitrogens is 1. The van der Waals surface area contributed by atoms with E-state index >= 15 is 0 Å². The van der Waals surface area contributed by atoms with Crippen LogP contribution in [0.4, 0.5) is 10.2 Å². The Kier molecular flexibility index (Phi) is 5.45. The fourth-order valence-corrected chi connectivity index (χ4v) is 4.85. The van der Waals surface area contributed by atoms with E-state index in [0.717, 1.165) is 28.2 Å². The van der Waals surface area contributed by atoms with Gasteiger partial charge >= 0.3 is 0 Å². The van der Waals surface area contributed by atoms with E-state index in [-0.39, 0.29) is 11.9 Å². The number of nitrogens with one attached hydrogen (secondary N) is 1. The van der Waals surface area contributed by atoms with E-state index in [1.165, 1.54) is 12.1 Å². The lowest BCUT2D eigenvalue weighted by Crippen LogP contribution is -2.44. The van der Waals surface area contributed by atoms with Crippen LogP contribution in [0.1, 0.15) is 18.3 Å². The third-order valence-corrected chi connectivity index (χ3v) is 6.56. The molecule has 0 unspecified atom stereocenters. The van der Waals surface area contributed by atoms with Gasteiger partial charge in [0.25, 0.3) is 0 Å². The van der Waals surface area contributed by atoms with Gasteiger partial charge in [0, 0.05) is 53.2 Å². The zero-order chi connectivity index (χ0) is 24.8. The summed E-state index contributed by atoms with van der Waals surface area (Å²) >= 11 is 0. The summed E-state index contributed by atoms with van der Waals surface area (Å²) in [5, 5.41) is 5.59. The number of nitrogens with zero attached hydrogens (tertiary/aromatic N) is 7. The molecule has 0 spiro atoms. The van der Waals surface area contributed by atoms with Crippen molar-refractivity contribution in [3.05, 3.63) is 66.3 Å². The Morgan fingerprint density at radius 1 is 1.11 bits per heavy atom. The molecule has 5 aromatic rings. The highest BCUT2D eigenvalue weighted by atomic mass is 19.1. The molecule has 9 nitrogen and oxygen atoms in total. The van der Waals surface area contributed by atoms with Gasteiger partial charge in [-0.2, -0.15) is 5.10 Å². The van der Waals surface area contributed by atoms with Gasteiger partial charge in [-0.1, -0.05) is 0 Å². The summed E-state index contributed by atoms with van der Waals surface area (Å²) in [4.78, 5) is 23.8. The fourth-order valence-electron chi connectivity index (χ4n) is 4.85. The Labute approximate surface area is 207 Å². The molecule has 1 N–H and O–H groups in total. The summed E-state index contributed by atoms with van der Waals surface area (Å²) < 4.78 is 22.0. The van der Waals surface area contributed by atoms with Crippen molar-refractivity contribution in [1.82, 2.24) is 34.7 Å². The Balaban J connectivity index is 1.57. The molecule has 1 aromatic carbocycles. The van der Waals surface area contributed by atoms with Crippen molar-refractivity contribution in [2.75, 3.05) is 24.7 Å². The van der Waals surface area contributed by atoms with Crippen molar-refractivity contribution in [2.45, 2.75) is 26.8 Å². The van der Waals surface area contributed by atoms with Crippen LogP contribution < -0.4 is 4.90 Å². The number of ether oxygens (including phenoxy) is 1. The van der Waals surface area contributed by atoms with Crippen LogP contribution in [0.2, 0.25) is 0 Å². The summed E-state index contributed by atoms with van der Waals surface area (Å²) in [6.07, 6.45) is 6.73. The highest BCUT2D eigenvalue weighted by Crippen LogP contribution is 2.34. The molecule has 36 heavy (non-hydrogen) atoms. The Morgan fingerprint density at radius 2 is 2.00 bits per heavy atom. The van der Waals surface area contributed by atoms with Crippen LogP contribution in [0, 0.1) is 19.7 Å². The van der Waals surface area contributed by atoms with Crippen LogP contribution in [-0.4, -0.2) is 60.5 Å². The van der Waals surface area contributed by atoms with Crippen molar-refractivity contribution in [1.29, 1.82) is 0 Å². The van der Waals surface area contributed by atoms with Gasteiger partial charge in [-0.3, -0.25) is 4.98 Å². The topological polar surface area (TPSA) is 97.6 Å². The lowest BCUT2D eigenvalue weighted by Gasteiger charge is -2.34. The number of aryl methyl sites for hydroxylation is 1. The number of aromatic nitrogens is 7. The van der Waals surface area contributed by atoms with Crippen molar-refractivity contribution in [3.63, 3.8) is 0 Å². The molecule has 0 amide bonds. The molecule has 0 bridgehead atoms. The van der Waals surface area contributed by atoms with E-state index < -0.39 is 0 Å². The largest absolute Gasteiger partial charge is 0.377 e. The minimum absolute atomic E-state index is 0.138. The van der Waals surface area contributed by atoms with E-state index in [9.17, 15) is 4.39 Å². The second-order valence-corrected chi connectivity index (χ2v) is 8.97. The molecular weight excluding hydrogens is 459 g/mol. The van der Waals surface area contributed by atoms with E-state index in [0.29, 0.717) is 48.2 Å². The minimum atomic E-state index is -0.349. The average Bonchev–Trinajstić information content (AvgIpc) is 3.47. The first kappa shape index (κ1) is 22.3. The number of morpholine rings is 1. The summed E-state index contributed by atoms with van der Waals surface area (Å²) in [7, 11) is 0. The Bertz CT molecular complexity index is 1560. The quantitative estimate of drug-likeness (QED) is 0.407. The fraction of sp³-hybridized carbons (Fsp3) is 0.269. The van der Waals surface area contributed by atoms with Gasteiger partial charge in [0.15, 0.2) is 11.6 Å². The SMILES string of the molecule is Cc1nn(-c2cnccn2)c(C)c1-c1cc(N2CCOC[C@H]2C)nc(-c2cc(F)cc3[nH]ccc23)n1. The summed E-state index contributed by atoms with van der Waals surface area (Å²) in [6.45, 7) is 7.96. The zero-order valence-electron chi connectivity index (χ0n) is 20.2. The maximum atomic E-state index is 14.6. The first-order valence-corrected chi connectivity index (χ1v) is 11.8. The van der Waals surface area contributed by atoms with Gasteiger partial charge in [-0.15, -0.1) is 0 Å². The van der Waals surface area contributed by atoms with Crippen LogP contribution in [0.5, 0.6) is 0 Å². The molecule has 10 heteroatoms. The average molecular weight is 485 g/mol. The van der Waals surface area contributed by atoms with Gasteiger partial charge in [-0.25, -0.2) is 24.0 Å². The van der Waals surface area contributed by atoms with Crippen molar-refractivity contribution in [3.8, 4) is 28.5 Å². The number of anilines is 1. The molecule has 1 atom stereocenters. The van der Waals surface area contributed by atoms with Crippen molar-refractivity contribution in [2.24, 2.45) is 0 Å². The lowest BCUT2D eigenvalue weighted by atomic mass is 10.1. The molecule has 1 aliphatic rings. The molecule has 6 rings (SSSR count). The Hall–Kier alpha value is -4.18. The first-order chi connectivity index (χ1) is 17.5. The molecule has 0 aliphatic carbocycles. The third-order valence-electron chi connectivity index (χ3n) is 6.56. The zero-order valence-corrected chi connectivity index (χ0v) is 20.2.